The van der Waals surface area contributed by atoms with E-state index in [2.05, 4.69) is 26.0 Å². The van der Waals surface area contributed by atoms with E-state index in [-0.39, 0.29) is 11.9 Å². The summed E-state index contributed by atoms with van der Waals surface area (Å²) in [5.41, 5.74) is 1.20. The number of aliphatic hydroxyl groups is 1. The smallest absolute Gasteiger partial charge is 0.233 e. The van der Waals surface area contributed by atoms with Gasteiger partial charge in [-0.15, -0.1) is 0 Å². The molecule has 126 valence electrons. The van der Waals surface area contributed by atoms with Crippen LogP contribution in [0.2, 0.25) is 0 Å². The zero-order chi connectivity index (χ0) is 17.0. The summed E-state index contributed by atoms with van der Waals surface area (Å²) in [5, 5.41) is 10.3. The van der Waals surface area contributed by atoms with Crippen LogP contribution in [0.4, 0.5) is 0 Å². The molecule has 1 amide bonds. The molecule has 1 N–H and O–H groups in total. The van der Waals surface area contributed by atoms with Gasteiger partial charge in [-0.2, -0.15) is 0 Å². The number of carbonyl (C=O) groups is 1. The summed E-state index contributed by atoms with van der Waals surface area (Å²) in [6.45, 7) is 5.91. The zero-order valence-corrected chi connectivity index (χ0v) is 15.6. The molecule has 1 aliphatic heterocycles. The first kappa shape index (κ1) is 18.4. The molecular formula is C18H25NO2S2. The lowest BCUT2D eigenvalue weighted by atomic mass is 9.94. The van der Waals surface area contributed by atoms with Crippen LogP contribution >= 0.6 is 24.0 Å². The first-order valence-corrected chi connectivity index (χ1v) is 9.51. The summed E-state index contributed by atoms with van der Waals surface area (Å²) in [4.78, 5) is 14.6. The number of thiocarbonyl (C=S) groups is 1. The zero-order valence-electron chi connectivity index (χ0n) is 13.9. The van der Waals surface area contributed by atoms with Crippen LogP contribution in [0.5, 0.6) is 0 Å². The summed E-state index contributed by atoms with van der Waals surface area (Å²) in [7, 11) is 0. The quantitative estimate of drug-likeness (QED) is 0.797. The van der Waals surface area contributed by atoms with E-state index in [1.54, 1.807) is 23.6 Å². The molecule has 1 heterocycles. The average Bonchev–Trinajstić information content (AvgIpc) is 2.86. The number of amides is 1. The number of thioether (sulfide) groups is 1. The Labute approximate surface area is 148 Å². The monoisotopic (exact) mass is 351 g/mol. The van der Waals surface area contributed by atoms with Gasteiger partial charge in [0, 0.05) is 5.75 Å². The van der Waals surface area contributed by atoms with Crippen LogP contribution in [0.1, 0.15) is 32.8 Å². The molecule has 1 aliphatic rings. The number of carbonyl (C=O) groups excluding carboxylic acids is 1. The second kappa shape index (κ2) is 8.27. The van der Waals surface area contributed by atoms with Gasteiger partial charge in [0.25, 0.3) is 0 Å². The third-order valence-electron chi connectivity index (χ3n) is 4.19. The highest BCUT2D eigenvalue weighted by Crippen LogP contribution is 2.29. The molecule has 0 bridgehead atoms. The maximum Gasteiger partial charge on any atom is 0.233 e. The molecule has 1 aromatic rings. The van der Waals surface area contributed by atoms with Gasteiger partial charge in [-0.1, -0.05) is 75.1 Å². The normalized spacial score (nSPS) is 20.8. The van der Waals surface area contributed by atoms with Gasteiger partial charge in [0.2, 0.25) is 5.91 Å². The second-order valence-corrected chi connectivity index (χ2v) is 8.27. The summed E-state index contributed by atoms with van der Waals surface area (Å²) < 4.78 is 0.638. The molecule has 5 heteroatoms. The first-order chi connectivity index (χ1) is 10.9. The number of benzene rings is 1. The Bertz CT molecular complexity index is 547. The van der Waals surface area contributed by atoms with E-state index in [4.69, 9.17) is 12.2 Å². The predicted octanol–water partition coefficient (Wildman–Crippen LogP) is 3.50. The van der Waals surface area contributed by atoms with Gasteiger partial charge in [-0.25, -0.2) is 0 Å². The van der Waals surface area contributed by atoms with E-state index in [1.165, 1.54) is 5.56 Å². The maximum atomic E-state index is 12.8. The molecule has 0 saturated carbocycles. The van der Waals surface area contributed by atoms with Gasteiger partial charge in [-0.05, 0) is 24.3 Å². The number of nitrogens with zero attached hydrogens (tertiary/aromatic N) is 1. The molecule has 1 fully saturated rings. The van der Waals surface area contributed by atoms with Crippen molar-refractivity contribution in [2.24, 2.45) is 11.8 Å². The summed E-state index contributed by atoms with van der Waals surface area (Å²) in [6, 6.07) is 10.2. The fourth-order valence-corrected chi connectivity index (χ4v) is 4.26. The van der Waals surface area contributed by atoms with Gasteiger partial charge in [0.15, 0.2) is 0 Å². The Morgan fingerprint density at radius 1 is 1.35 bits per heavy atom. The third-order valence-corrected chi connectivity index (χ3v) is 5.74. The van der Waals surface area contributed by atoms with E-state index in [9.17, 15) is 9.90 Å². The minimum atomic E-state index is -0.617. The van der Waals surface area contributed by atoms with Gasteiger partial charge >= 0.3 is 0 Å². The molecule has 1 saturated heterocycles. The lowest BCUT2D eigenvalue weighted by Gasteiger charge is -2.29. The molecule has 0 aliphatic carbocycles. The lowest BCUT2D eigenvalue weighted by Crippen LogP contribution is -2.45. The van der Waals surface area contributed by atoms with E-state index in [1.807, 2.05) is 18.2 Å². The van der Waals surface area contributed by atoms with E-state index in [0.29, 0.717) is 16.7 Å². The molecule has 2 rings (SSSR count). The van der Waals surface area contributed by atoms with Crippen molar-refractivity contribution in [3.8, 4) is 0 Å². The number of aliphatic hydroxyl groups excluding tert-OH is 1. The van der Waals surface area contributed by atoms with Crippen LogP contribution in [-0.2, 0) is 11.2 Å². The van der Waals surface area contributed by atoms with Gasteiger partial charge in [0.1, 0.15) is 4.32 Å². The second-order valence-electron chi connectivity index (χ2n) is 6.61. The standard InChI is InChI=1S/C18H25NO2S2/c1-12(2)9-16(20)13(3)17(21)19-15(11-23-18(19)22)10-14-7-5-4-6-8-14/h4-8,12-13,15-16,20H,9-11H2,1-3H3/t13-,15-,16+/m0/s1. The molecule has 1 aromatic carbocycles. The molecule has 0 unspecified atom stereocenters. The van der Waals surface area contributed by atoms with Gasteiger partial charge in [0.05, 0.1) is 18.1 Å². The van der Waals surface area contributed by atoms with Crippen LogP contribution < -0.4 is 0 Å². The molecule has 3 atom stereocenters. The van der Waals surface area contributed by atoms with E-state index >= 15 is 0 Å². The van der Waals surface area contributed by atoms with Crippen molar-refractivity contribution in [2.45, 2.75) is 45.8 Å². The largest absolute Gasteiger partial charge is 0.392 e. The van der Waals surface area contributed by atoms with Crippen LogP contribution in [0, 0.1) is 11.8 Å². The summed E-state index contributed by atoms with van der Waals surface area (Å²) in [5.74, 6) is 0.716. The van der Waals surface area contributed by atoms with E-state index < -0.39 is 12.0 Å². The average molecular weight is 352 g/mol. The van der Waals surface area contributed by atoms with Crippen LogP contribution in [0.3, 0.4) is 0 Å². The number of rotatable bonds is 6. The van der Waals surface area contributed by atoms with Gasteiger partial charge < -0.3 is 5.11 Å². The highest BCUT2D eigenvalue weighted by Gasteiger charge is 2.37. The lowest BCUT2D eigenvalue weighted by molar-refractivity contribution is -0.135. The molecular weight excluding hydrogens is 326 g/mol. The molecule has 23 heavy (non-hydrogen) atoms. The highest BCUT2D eigenvalue weighted by atomic mass is 32.2. The number of hydrogen-bond acceptors (Lipinski definition) is 4. The highest BCUT2D eigenvalue weighted by molar-refractivity contribution is 8.23. The van der Waals surface area contributed by atoms with Crippen molar-refractivity contribution in [2.75, 3.05) is 5.75 Å². The van der Waals surface area contributed by atoms with Crippen LogP contribution in [0.25, 0.3) is 0 Å². The van der Waals surface area contributed by atoms with Crippen molar-refractivity contribution in [3.63, 3.8) is 0 Å². The molecule has 0 spiro atoms. The van der Waals surface area contributed by atoms with Gasteiger partial charge in [-0.3, -0.25) is 9.69 Å². The first-order valence-electron chi connectivity index (χ1n) is 8.12. The Kier molecular flexibility index (Phi) is 6.62. The minimum absolute atomic E-state index is 0.0471. The topological polar surface area (TPSA) is 40.5 Å². The predicted molar refractivity (Wildman–Crippen MR) is 100 cm³/mol. The van der Waals surface area contributed by atoms with Crippen LogP contribution in [-0.4, -0.2) is 38.1 Å². The Morgan fingerprint density at radius 3 is 2.61 bits per heavy atom. The fourth-order valence-electron chi connectivity index (χ4n) is 2.84. The SMILES string of the molecule is CC(C)C[C@@H](O)[C@H](C)C(=O)N1C(=S)SC[C@@H]1Cc1ccccc1. The van der Waals surface area contributed by atoms with Crippen LogP contribution in [0.15, 0.2) is 30.3 Å². The third kappa shape index (κ3) is 4.78. The summed E-state index contributed by atoms with van der Waals surface area (Å²) >= 11 is 6.95. The fraction of sp³-hybridized carbons (Fsp3) is 0.556. The Balaban J connectivity index is 2.08. The van der Waals surface area contributed by atoms with Crippen molar-refractivity contribution in [1.82, 2.24) is 4.90 Å². The Morgan fingerprint density at radius 2 is 2.00 bits per heavy atom. The molecule has 3 nitrogen and oxygen atoms in total. The maximum absolute atomic E-state index is 12.8. The van der Waals surface area contributed by atoms with Crippen molar-refractivity contribution >= 4 is 34.2 Å². The molecule has 0 aromatic heterocycles. The van der Waals surface area contributed by atoms with Crippen molar-refractivity contribution in [3.05, 3.63) is 35.9 Å². The minimum Gasteiger partial charge on any atom is -0.392 e. The van der Waals surface area contributed by atoms with E-state index in [0.717, 1.165) is 12.2 Å². The molecule has 0 radical (unpaired) electrons. The van der Waals surface area contributed by atoms with Crippen molar-refractivity contribution in [1.29, 1.82) is 0 Å². The van der Waals surface area contributed by atoms with Crippen molar-refractivity contribution < 1.29 is 9.90 Å². The Hall–Kier alpha value is -0.910. The summed E-state index contributed by atoms with van der Waals surface area (Å²) in [6.07, 6.45) is 0.810. The number of hydrogen-bond donors (Lipinski definition) is 1.